The summed E-state index contributed by atoms with van der Waals surface area (Å²) in [6, 6.07) is 0. The molecule has 0 aliphatic carbocycles. The lowest BCUT2D eigenvalue weighted by Crippen LogP contribution is -2.32. The van der Waals surface area contributed by atoms with Crippen LogP contribution in [0.5, 0.6) is 0 Å². The fourth-order valence-corrected chi connectivity index (χ4v) is 1.42. The van der Waals surface area contributed by atoms with E-state index in [1.807, 2.05) is 0 Å². The highest BCUT2D eigenvalue weighted by Crippen LogP contribution is 1.98. The van der Waals surface area contributed by atoms with Gasteiger partial charge in [-0.2, -0.15) is 0 Å². The number of hydrogen-bond acceptors (Lipinski definition) is 4. The second-order valence-electron chi connectivity index (χ2n) is 3.55. The van der Waals surface area contributed by atoms with E-state index in [-0.39, 0.29) is 5.97 Å². The molecule has 0 atom stereocenters. The van der Waals surface area contributed by atoms with Gasteiger partial charge in [0.25, 0.3) is 0 Å². The van der Waals surface area contributed by atoms with Crippen LogP contribution < -0.4 is 0 Å². The van der Waals surface area contributed by atoms with E-state index in [1.54, 1.807) is 7.11 Å². The van der Waals surface area contributed by atoms with Gasteiger partial charge in [0, 0.05) is 13.7 Å². The minimum Gasteiger partial charge on any atom is -0.468 e. The monoisotopic (exact) mass is 217 g/mol. The molecule has 4 nitrogen and oxygen atoms in total. The summed E-state index contributed by atoms with van der Waals surface area (Å²) < 4.78 is 9.62. The highest BCUT2D eigenvalue weighted by atomic mass is 16.5. The number of hydrogen-bond donors (Lipinski definition) is 0. The van der Waals surface area contributed by atoms with Crippen molar-refractivity contribution in [2.75, 3.05) is 40.5 Å². The summed E-state index contributed by atoms with van der Waals surface area (Å²) >= 11 is 0. The summed E-state index contributed by atoms with van der Waals surface area (Å²) in [6.45, 7) is 5.18. The maximum atomic E-state index is 11.1. The first-order valence-electron chi connectivity index (χ1n) is 5.52. The highest BCUT2D eigenvalue weighted by molar-refractivity contribution is 5.71. The van der Waals surface area contributed by atoms with Crippen molar-refractivity contribution in [3.05, 3.63) is 0 Å². The van der Waals surface area contributed by atoms with Crippen molar-refractivity contribution in [1.29, 1.82) is 0 Å². The summed E-state index contributed by atoms with van der Waals surface area (Å²) in [6.07, 6.45) is 3.16. The molecule has 0 spiro atoms. The van der Waals surface area contributed by atoms with E-state index in [4.69, 9.17) is 4.74 Å². The van der Waals surface area contributed by atoms with Crippen LogP contribution in [0.25, 0.3) is 0 Å². The molecule has 0 aromatic rings. The molecule has 0 aliphatic rings. The van der Waals surface area contributed by atoms with Gasteiger partial charge < -0.3 is 9.47 Å². The second kappa shape index (κ2) is 9.93. The molecule has 0 rings (SSSR count). The Bertz CT molecular complexity index is 162. The number of unbranched alkanes of at least 4 members (excludes halogenated alkanes) is 1. The average molecular weight is 217 g/mol. The number of methoxy groups -OCH3 is 2. The molecule has 0 aliphatic heterocycles. The van der Waals surface area contributed by atoms with Gasteiger partial charge in [-0.15, -0.1) is 0 Å². The Kier molecular flexibility index (Phi) is 9.52. The molecule has 0 bridgehead atoms. The number of rotatable bonds is 9. The van der Waals surface area contributed by atoms with Gasteiger partial charge in [-0.05, 0) is 32.4 Å². The predicted molar refractivity (Wildman–Crippen MR) is 59.9 cm³/mol. The SMILES string of the molecule is CCCN(CCCCOC)CC(=O)OC. The summed E-state index contributed by atoms with van der Waals surface area (Å²) in [5, 5.41) is 0. The van der Waals surface area contributed by atoms with Crippen LogP contribution in [0.15, 0.2) is 0 Å². The van der Waals surface area contributed by atoms with Gasteiger partial charge in [0.2, 0.25) is 0 Å². The van der Waals surface area contributed by atoms with E-state index in [9.17, 15) is 4.79 Å². The number of nitrogens with zero attached hydrogens (tertiary/aromatic N) is 1. The van der Waals surface area contributed by atoms with E-state index in [0.29, 0.717) is 6.54 Å². The molecule has 0 aromatic heterocycles. The summed E-state index contributed by atoms with van der Waals surface area (Å²) in [5.74, 6) is -0.157. The van der Waals surface area contributed by atoms with Gasteiger partial charge in [-0.3, -0.25) is 9.69 Å². The molecule has 0 unspecified atom stereocenters. The van der Waals surface area contributed by atoms with E-state index >= 15 is 0 Å². The van der Waals surface area contributed by atoms with Crippen molar-refractivity contribution in [2.45, 2.75) is 26.2 Å². The maximum absolute atomic E-state index is 11.1. The first kappa shape index (κ1) is 14.4. The molecule has 0 fully saturated rings. The lowest BCUT2D eigenvalue weighted by Gasteiger charge is -2.19. The summed E-state index contributed by atoms with van der Waals surface area (Å²) in [7, 11) is 3.13. The van der Waals surface area contributed by atoms with Crippen molar-refractivity contribution in [1.82, 2.24) is 4.90 Å². The van der Waals surface area contributed by atoms with Crippen LogP contribution >= 0.6 is 0 Å². The Morgan fingerprint density at radius 1 is 1.20 bits per heavy atom. The highest BCUT2D eigenvalue weighted by Gasteiger charge is 2.09. The smallest absolute Gasteiger partial charge is 0.319 e. The molecule has 90 valence electrons. The fraction of sp³-hybridized carbons (Fsp3) is 0.909. The predicted octanol–water partition coefficient (Wildman–Crippen LogP) is 1.30. The topological polar surface area (TPSA) is 38.8 Å². The lowest BCUT2D eigenvalue weighted by molar-refractivity contribution is -0.141. The van der Waals surface area contributed by atoms with Gasteiger partial charge in [0.15, 0.2) is 0 Å². The third kappa shape index (κ3) is 8.39. The standard InChI is InChI=1S/C11H23NO3/c1-4-7-12(10-11(13)15-3)8-5-6-9-14-2/h4-10H2,1-3H3. The molecular formula is C11H23NO3. The third-order valence-corrected chi connectivity index (χ3v) is 2.19. The molecule has 0 radical (unpaired) electrons. The Morgan fingerprint density at radius 3 is 2.47 bits per heavy atom. The van der Waals surface area contributed by atoms with E-state index < -0.39 is 0 Å². The van der Waals surface area contributed by atoms with E-state index in [0.717, 1.165) is 39.0 Å². The Morgan fingerprint density at radius 2 is 1.93 bits per heavy atom. The van der Waals surface area contributed by atoms with Crippen LogP contribution in [0, 0.1) is 0 Å². The first-order chi connectivity index (χ1) is 7.24. The van der Waals surface area contributed by atoms with Crippen molar-refractivity contribution in [2.24, 2.45) is 0 Å². The molecule has 15 heavy (non-hydrogen) atoms. The molecule has 0 amide bonds. The first-order valence-corrected chi connectivity index (χ1v) is 5.52. The zero-order valence-electron chi connectivity index (χ0n) is 10.1. The van der Waals surface area contributed by atoms with Crippen molar-refractivity contribution < 1.29 is 14.3 Å². The molecular weight excluding hydrogens is 194 g/mol. The van der Waals surface area contributed by atoms with Crippen LogP contribution in [-0.2, 0) is 14.3 Å². The Balaban J connectivity index is 3.67. The number of esters is 1. The number of ether oxygens (including phenoxy) is 2. The van der Waals surface area contributed by atoms with Crippen LogP contribution in [-0.4, -0.2) is 51.3 Å². The van der Waals surface area contributed by atoms with E-state index in [2.05, 4.69) is 16.6 Å². The van der Waals surface area contributed by atoms with Crippen molar-refractivity contribution in [3.8, 4) is 0 Å². The average Bonchev–Trinajstić information content (AvgIpc) is 2.24. The quantitative estimate of drug-likeness (QED) is 0.431. The largest absolute Gasteiger partial charge is 0.468 e. The van der Waals surface area contributed by atoms with Crippen LogP contribution in [0.3, 0.4) is 0 Å². The zero-order chi connectivity index (χ0) is 11.5. The molecule has 0 saturated heterocycles. The third-order valence-electron chi connectivity index (χ3n) is 2.19. The molecule has 0 heterocycles. The van der Waals surface area contributed by atoms with Crippen molar-refractivity contribution >= 4 is 5.97 Å². The Labute approximate surface area is 92.5 Å². The van der Waals surface area contributed by atoms with Crippen LogP contribution in [0.4, 0.5) is 0 Å². The molecule has 0 saturated carbocycles. The minimum atomic E-state index is -0.157. The number of carbonyl (C=O) groups excluding carboxylic acids is 1. The van der Waals surface area contributed by atoms with Gasteiger partial charge >= 0.3 is 5.97 Å². The second-order valence-corrected chi connectivity index (χ2v) is 3.55. The van der Waals surface area contributed by atoms with Gasteiger partial charge in [0.05, 0.1) is 13.7 Å². The van der Waals surface area contributed by atoms with Gasteiger partial charge in [-0.25, -0.2) is 0 Å². The zero-order valence-corrected chi connectivity index (χ0v) is 10.1. The van der Waals surface area contributed by atoms with E-state index in [1.165, 1.54) is 7.11 Å². The van der Waals surface area contributed by atoms with Crippen LogP contribution in [0.2, 0.25) is 0 Å². The van der Waals surface area contributed by atoms with Gasteiger partial charge in [0.1, 0.15) is 0 Å². The molecule has 4 heteroatoms. The Hall–Kier alpha value is -0.610. The number of carbonyl (C=O) groups is 1. The maximum Gasteiger partial charge on any atom is 0.319 e. The van der Waals surface area contributed by atoms with Crippen LogP contribution in [0.1, 0.15) is 26.2 Å². The molecule has 0 N–H and O–H groups in total. The lowest BCUT2D eigenvalue weighted by atomic mass is 10.3. The normalized spacial score (nSPS) is 10.7. The summed E-state index contributed by atoms with van der Waals surface area (Å²) in [5.41, 5.74) is 0. The minimum absolute atomic E-state index is 0.157. The van der Waals surface area contributed by atoms with Gasteiger partial charge in [-0.1, -0.05) is 6.92 Å². The summed E-state index contributed by atoms with van der Waals surface area (Å²) in [4.78, 5) is 13.2. The fourth-order valence-electron chi connectivity index (χ4n) is 1.42. The molecule has 0 aromatic carbocycles. The van der Waals surface area contributed by atoms with Crippen molar-refractivity contribution in [3.63, 3.8) is 0 Å².